The molecular weight excluding hydrogens is 514 g/mol. The van der Waals surface area contributed by atoms with Crippen molar-refractivity contribution in [1.82, 2.24) is 0 Å². The molecule has 0 unspecified atom stereocenters. The van der Waals surface area contributed by atoms with E-state index in [-0.39, 0.29) is 23.7 Å². The molecule has 0 saturated heterocycles. The zero-order valence-electron chi connectivity index (χ0n) is 16.3. The molecule has 0 fully saturated rings. The lowest BCUT2D eigenvalue weighted by atomic mass is 10.0. The summed E-state index contributed by atoms with van der Waals surface area (Å²) in [5, 5.41) is 20.6. The van der Waals surface area contributed by atoms with Crippen LogP contribution in [0.2, 0.25) is 0 Å². The number of allylic oxidation sites excluding steroid dienone is 1. The van der Waals surface area contributed by atoms with E-state index in [0.29, 0.717) is 28.2 Å². The van der Waals surface area contributed by atoms with Gasteiger partial charge in [-0.05, 0) is 69.6 Å². The van der Waals surface area contributed by atoms with E-state index in [1.165, 1.54) is 37.4 Å². The largest absolute Gasteiger partial charge is 0.493 e. The third-order valence-electron chi connectivity index (χ3n) is 4.32. The van der Waals surface area contributed by atoms with Crippen molar-refractivity contribution in [2.24, 2.45) is 0 Å². The Bertz CT molecular complexity index is 1200. The highest BCUT2D eigenvalue weighted by Gasteiger charge is 2.13. The number of hydrogen-bond donors (Lipinski definition) is 0. The summed E-state index contributed by atoms with van der Waals surface area (Å²) in [4.78, 5) is 10.5. The third kappa shape index (κ3) is 5.58. The fourth-order valence-electron chi connectivity index (χ4n) is 2.88. The Morgan fingerprint density at radius 2 is 2.00 bits per heavy atom. The molecule has 0 bridgehead atoms. The maximum absolute atomic E-state index is 13.4. The van der Waals surface area contributed by atoms with Crippen molar-refractivity contribution >= 4 is 39.9 Å². The van der Waals surface area contributed by atoms with Crippen molar-refractivity contribution in [2.75, 3.05) is 7.11 Å². The zero-order valence-corrected chi connectivity index (χ0v) is 18.5. The molecule has 3 aromatic carbocycles. The molecule has 0 saturated carbocycles. The van der Waals surface area contributed by atoms with Gasteiger partial charge in [-0.2, -0.15) is 5.26 Å². The maximum Gasteiger partial charge on any atom is 0.270 e. The van der Waals surface area contributed by atoms with Gasteiger partial charge in [0.25, 0.3) is 5.69 Å². The summed E-state index contributed by atoms with van der Waals surface area (Å²) < 4.78 is 25.4. The minimum Gasteiger partial charge on any atom is -0.493 e. The summed E-state index contributed by atoms with van der Waals surface area (Å²) >= 11 is 2.09. The lowest BCUT2D eigenvalue weighted by Gasteiger charge is -2.14. The van der Waals surface area contributed by atoms with Crippen LogP contribution < -0.4 is 9.47 Å². The molecule has 0 N–H and O–H groups in total. The number of nitrogens with zero attached hydrogens (tertiary/aromatic N) is 2. The van der Waals surface area contributed by atoms with Crippen LogP contribution in [0.3, 0.4) is 0 Å². The minimum absolute atomic E-state index is 0.0908. The molecule has 156 valence electrons. The van der Waals surface area contributed by atoms with E-state index in [0.717, 1.165) is 3.57 Å². The number of methoxy groups -OCH3 is 1. The highest BCUT2D eigenvalue weighted by molar-refractivity contribution is 14.1. The number of non-ortho nitro benzene ring substituents is 1. The van der Waals surface area contributed by atoms with Gasteiger partial charge in [-0.1, -0.05) is 24.3 Å². The zero-order chi connectivity index (χ0) is 22.4. The van der Waals surface area contributed by atoms with E-state index in [9.17, 15) is 19.8 Å². The Balaban J connectivity index is 1.91. The monoisotopic (exact) mass is 530 g/mol. The van der Waals surface area contributed by atoms with Gasteiger partial charge in [-0.25, -0.2) is 4.39 Å². The van der Waals surface area contributed by atoms with Crippen LogP contribution in [0.25, 0.3) is 11.6 Å². The molecule has 31 heavy (non-hydrogen) atoms. The standard InChI is InChI=1S/C23H16FIN2O4/c1-30-22-11-16(8-18(13-26)17-5-3-7-20(12-17)27(28)29)10-21(25)23(22)31-14-15-4-2-6-19(24)9-15/h2-12H,14H2,1H3/b18-8-. The molecule has 8 heteroatoms. The molecule has 0 aliphatic heterocycles. The number of rotatable bonds is 7. The van der Waals surface area contributed by atoms with Crippen LogP contribution >= 0.6 is 22.6 Å². The molecule has 0 spiro atoms. The average molecular weight is 530 g/mol. The van der Waals surface area contributed by atoms with Crippen molar-refractivity contribution in [1.29, 1.82) is 5.26 Å². The Kier molecular flexibility index (Phi) is 7.20. The van der Waals surface area contributed by atoms with E-state index < -0.39 is 4.92 Å². The number of halogens is 2. The van der Waals surface area contributed by atoms with E-state index in [2.05, 4.69) is 28.7 Å². The van der Waals surface area contributed by atoms with E-state index >= 15 is 0 Å². The molecule has 6 nitrogen and oxygen atoms in total. The Labute approximate surface area is 191 Å². The van der Waals surface area contributed by atoms with Crippen LogP contribution in [0.15, 0.2) is 60.7 Å². The van der Waals surface area contributed by atoms with Crippen molar-refractivity contribution in [2.45, 2.75) is 6.61 Å². The van der Waals surface area contributed by atoms with Crippen LogP contribution in [-0.2, 0) is 6.61 Å². The molecule has 0 aromatic heterocycles. The summed E-state index contributed by atoms with van der Waals surface area (Å²) in [6.45, 7) is 0.163. The SMILES string of the molecule is COc1cc(/C=C(/C#N)c2cccc([N+](=O)[O-])c2)cc(I)c1OCc1cccc(F)c1. The van der Waals surface area contributed by atoms with E-state index in [1.807, 2.05) is 0 Å². The lowest BCUT2D eigenvalue weighted by molar-refractivity contribution is -0.384. The summed E-state index contributed by atoms with van der Waals surface area (Å²) in [5.74, 6) is 0.609. The summed E-state index contributed by atoms with van der Waals surface area (Å²) in [6.07, 6.45) is 1.63. The molecule has 3 rings (SSSR count). The van der Waals surface area contributed by atoms with Crippen molar-refractivity contribution in [3.8, 4) is 17.6 Å². The molecule has 0 aliphatic rings. The van der Waals surface area contributed by atoms with Crippen LogP contribution in [0.5, 0.6) is 11.5 Å². The number of nitro groups is 1. The molecule has 3 aromatic rings. The molecule has 0 aliphatic carbocycles. The van der Waals surface area contributed by atoms with E-state index in [4.69, 9.17) is 9.47 Å². The van der Waals surface area contributed by atoms with Gasteiger partial charge in [0.2, 0.25) is 0 Å². The van der Waals surface area contributed by atoms with Crippen LogP contribution in [-0.4, -0.2) is 12.0 Å². The van der Waals surface area contributed by atoms with Crippen molar-refractivity contribution < 1.29 is 18.8 Å². The molecular formula is C23H16FIN2O4. The normalized spacial score (nSPS) is 11.0. The van der Waals surface area contributed by atoms with E-state index in [1.54, 1.807) is 36.4 Å². The first-order chi connectivity index (χ1) is 14.9. The first kappa shape index (κ1) is 22.2. The van der Waals surface area contributed by atoms with Gasteiger partial charge in [0.15, 0.2) is 11.5 Å². The average Bonchev–Trinajstić information content (AvgIpc) is 2.76. The van der Waals surface area contributed by atoms with Gasteiger partial charge in [0.1, 0.15) is 12.4 Å². The Morgan fingerprint density at radius 1 is 1.23 bits per heavy atom. The predicted octanol–water partition coefficient (Wildman–Crippen LogP) is 5.99. The topological polar surface area (TPSA) is 85.4 Å². The predicted molar refractivity (Wildman–Crippen MR) is 123 cm³/mol. The second-order valence-electron chi connectivity index (χ2n) is 6.43. The first-order valence-electron chi connectivity index (χ1n) is 9.02. The number of benzene rings is 3. The summed E-state index contributed by atoms with van der Waals surface area (Å²) in [5.41, 5.74) is 1.97. The maximum atomic E-state index is 13.4. The van der Waals surface area contributed by atoms with Gasteiger partial charge in [-0.3, -0.25) is 10.1 Å². The van der Waals surface area contributed by atoms with Crippen LogP contribution in [0, 0.1) is 30.8 Å². The van der Waals surface area contributed by atoms with Crippen LogP contribution in [0.4, 0.5) is 10.1 Å². The van der Waals surface area contributed by atoms with Gasteiger partial charge in [0, 0.05) is 12.1 Å². The fraction of sp³-hybridized carbons (Fsp3) is 0.0870. The van der Waals surface area contributed by atoms with Gasteiger partial charge in [-0.15, -0.1) is 0 Å². The molecule has 0 radical (unpaired) electrons. The second kappa shape index (κ2) is 10.0. The van der Waals surface area contributed by atoms with Gasteiger partial charge < -0.3 is 9.47 Å². The van der Waals surface area contributed by atoms with Gasteiger partial charge >= 0.3 is 0 Å². The minimum atomic E-state index is -0.505. The summed E-state index contributed by atoms with van der Waals surface area (Å²) in [7, 11) is 1.50. The quantitative estimate of drug-likeness (QED) is 0.123. The summed E-state index contributed by atoms with van der Waals surface area (Å²) in [6, 6.07) is 17.6. The molecule has 0 amide bonds. The number of hydrogen-bond acceptors (Lipinski definition) is 5. The second-order valence-corrected chi connectivity index (χ2v) is 7.59. The number of ether oxygens (including phenoxy) is 2. The number of nitriles is 1. The van der Waals surface area contributed by atoms with Crippen LogP contribution in [0.1, 0.15) is 16.7 Å². The van der Waals surface area contributed by atoms with Crippen molar-refractivity contribution in [3.63, 3.8) is 0 Å². The first-order valence-corrected chi connectivity index (χ1v) is 10.1. The lowest BCUT2D eigenvalue weighted by Crippen LogP contribution is -2.00. The fourth-order valence-corrected chi connectivity index (χ4v) is 3.66. The number of nitro benzene ring substituents is 1. The van der Waals surface area contributed by atoms with Crippen molar-refractivity contribution in [3.05, 3.63) is 96.9 Å². The van der Waals surface area contributed by atoms with Gasteiger partial charge in [0.05, 0.1) is 27.2 Å². The third-order valence-corrected chi connectivity index (χ3v) is 5.12. The highest BCUT2D eigenvalue weighted by atomic mass is 127. The molecule has 0 heterocycles. The Hall–Kier alpha value is -3.45. The Morgan fingerprint density at radius 3 is 2.68 bits per heavy atom. The molecule has 0 atom stereocenters. The smallest absolute Gasteiger partial charge is 0.270 e. The highest BCUT2D eigenvalue weighted by Crippen LogP contribution is 2.36.